The maximum Gasteiger partial charge on any atom is 0.256 e. The molecule has 0 unspecified atom stereocenters. The molecule has 0 bridgehead atoms. The van der Waals surface area contributed by atoms with E-state index in [4.69, 9.17) is 0 Å². The first-order valence-electron chi connectivity index (χ1n) is 7.96. The molecule has 23 heavy (non-hydrogen) atoms. The van der Waals surface area contributed by atoms with E-state index in [1.807, 2.05) is 17.0 Å². The first kappa shape index (κ1) is 15.4. The highest BCUT2D eigenvalue weighted by molar-refractivity contribution is 5.93. The van der Waals surface area contributed by atoms with Crippen LogP contribution >= 0.6 is 0 Å². The van der Waals surface area contributed by atoms with Gasteiger partial charge in [0.2, 0.25) is 5.95 Å². The first-order valence-corrected chi connectivity index (χ1v) is 7.96. The van der Waals surface area contributed by atoms with Crippen LogP contribution in [0, 0.1) is 5.92 Å². The maximum atomic E-state index is 12.4. The number of hydrogen-bond acceptors (Lipinski definition) is 5. The second-order valence-electron chi connectivity index (χ2n) is 5.98. The fourth-order valence-electron chi connectivity index (χ4n) is 2.61. The Morgan fingerprint density at radius 3 is 2.65 bits per heavy atom. The Morgan fingerprint density at radius 1 is 1.26 bits per heavy atom. The third kappa shape index (κ3) is 4.03. The zero-order chi connectivity index (χ0) is 16.1. The second-order valence-corrected chi connectivity index (χ2v) is 5.98. The van der Waals surface area contributed by atoms with E-state index in [1.54, 1.807) is 24.8 Å². The molecule has 1 amide bonds. The van der Waals surface area contributed by atoms with Gasteiger partial charge in [-0.15, -0.1) is 0 Å². The lowest BCUT2D eigenvalue weighted by Gasteiger charge is -2.30. The van der Waals surface area contributed by atoms with Gasteiger partial charge in [0.1, 0.15) is 0 Å². The van der Waals surface area contributed by atoms with E-state index in [2.05, 4.69) is 27.2 Å². The summed E-state index contributed by atoms with van der Waals surface area (Å²) in [6.45, 7) is 4.47. The highest BCUT2D eigenvalue weighted by atomic mass is 16.2. The molecule has 2 aromatic rings. The lowest BCUT2D eigenvalue weighted by molar-refractivity contribution is 0.0696. The van der Waals surface area contributed by atoms with Crippen LogP contribution in [0.3, 0.4) is 0 Å². The molecule has 3 heterocycles. The minimum absolute atomic E-state index is 0.0238. The molecule has 1 N–H and O–H groups in total. The molecule has 0 aliphatic carbocycles. The van der Waals surface area contributed by atoms with E-state index < -0.39 is 0 Å². The monoisotopic (exact) mass is 311 g/mol. The van der Waals surface area contributed by atoms with Crippen molar-refractivity contribution in [3.8, 4) is 0 Å². The molecule has 6 heteroatoms. The largest absolute Gasteiger partial charge is 0.350 e. The molecule has 0 spiro atoms. The van der Waals surface area contributed by atoms with E-state index >= 15 is 0 Å². The molecular formula is C17H21N5O. The number of pyridine rings is 1. The normalized spacial score (nSPS) is 15.4. The Balaban J connectivity index is 1.57. The maximum absolute atomic E-state index is 12.4. The summed E-state index contributed by atoms with van der Waals surface area (Å²) in [6, 6.07) is 3.87. The minimum atomic E-state index is 0.0238. The molecule has 0 saturated carbocycles. The van der Waals surface area contributed by atoms with E-state index in [0.29, 0.717) is 24.0 Å². The average molecular weight is 311 g/mol. The van der Waals surface area contributed by atoms with Crippen LogP contribution in [0.1, 0.15) is 35.7 Å². The van der Waals surface area contributed by atoms with Crippen molar-refractivity contribution in [2.24, 2.45) is 5.92 Å². The van der Waals surface area contributed by atoms with Crippen LogP contribution in [-0.2, 0) is 6.54 Å². The van der Waals surface area contributed by atoms with Gasteiger partial charge in [0.25, 0.3) is 5.91 Å². The van der Waals surface area contributed by atoms with Crippen LogP contribution in [-0.4, -0.2) is 38.8 Å². The number of amides is 1. The van der Waals surface area contributed by atoms with Gasteiger partial charge in [-0.3, -0.25) is 9.78 Å². The number of aromatic nitrogens is 3. The van der Waals surface area contributed by atoms with Crippen LogP contribution < -0.4 is 5.32 Å². The Morgan fingerprint density at radius 2 is 2.00 bits per heavy atom. The molecule has 2 aromatic heterocycles. The Labute approximate surface area is 136 Å². The van der Waals surface area contributed by atoms with Crippen LogP contribution in [0.2, 0.25) is 0 Å². The van der Waals surface area contributed by atoms with Gasteiger partial charge in [-0.2, -0.15) is 0 Å². The number of carbonyl (C=O) groups is 1. The zero-order valence-corrected chi connectivity index (χ0v) is 13.3. The number of hydrogen-bond donors (Lipinski definition) is 1. The molecule has 0 aromatic carbocycles. The molecule has 1 aliphatic rings. The van der Waals surface area contributed by atoms with Gasteiger partial charge in [0.15, 0.2) is 0 Å². The fourth-order valence-corrected chi connectivity index (χ4v) is 2.61. The fraction of sp³-hybridized carbons (Fsp3) is 0.412. The van der Waals surface area contributed by atoms with Crippen molar-refractivity contribution in [2.45, 2.75) is 26.3 Å². The number of nitrogens with one attached hydrogen (secondary N) is 1. The summed E-state index contributed by atoms with van der Waals surface area (Å²) < 4.78 is 0. The predicted molar refractivity (Wildman–Crippen MR) is 87.9 cm³/mol. The van der Waals surface area contributed by atoms with Crippen molar-refractivity contribution in [1.82, 2.24) is 19.9 Å². The summed E-state index contributed by atoms with van der Waals surface area (Å²) in [6.07, 6.45) is 8.86. The van der Waals surface area contributed by atoms with Gasteiger partial charge in [0, 0.05) is 44.4 Å². The Kier molecular flexibility index (Phi) is 4.80. The number of likely N-dealkylation sites (tertiary alicyclic amines) is 1. The standard InChI is InChI=1S/C17H21N5O/c1-13-4-7-22(8-5-13)16(23)15-11-20-17(21-12-15)19-10-14-3-2-6-18-9-14/h2-3,6,9,11-13H,4-5,7-8,10H2,1H3,(H,19,20,21). The van der Waals surface area contributed by atoms with Gasteiger partial charge in [-0.05, 0) is 30.4 Å². The summed E-state index contributed by atoms with van der Waals surface area (Å²) in [7, 11) is 0. The molecule has 1 fully saturated rings. The summed E-state index contributed by atoms with van der Waals surface area (Å²) in [5.41, 5.74) is 1.60. The number of anilines is 1. The zero-order valence-electron chi connectivity index (χ0n) is 13.3. The Bertz CT molecular complexity index is 636. The number of piperidine rings is 1. The third-order valence-corrected chi connectivity index (χ3v) is 4.14. The lowest BCUT2D eigenvalue weighted by atomic mass is 9.99. The summed E-state index contributed by atoms with van der Waals surface area (Å²) in [5.74, 6) is 1.24. The average Bonchev–Trinajstić information content (AvgIpc) is 2.61. The van der Waals surface area contributed by atoms with Gasteiger partial charge in [-0.1, -0.05) is 13.0 Å². The topological polar surface area (TPSA) is 71.0 Å². The van der Waals surface area contributed by atoms with Gasteiger partial charge in [-0.25, -0.2) is 9.97 Å². The smallest absolute Gasteiger partial charge is 0.256 e. The van der Waals surface area contributed by atoms with Crippen LogP contribution in [0.25, 0.3) is 0 Å². The minimum Gasteiger partial charge on any atom is -0.350 e. The van der Waals surface area contributed by atoms with E-state index in [9.17, 15) is 4.79 Å². The molecule has 6 nitrogen and oxygen atoms in total. The predicted octanol–water partition coefficient (Wildman–Crippen LogP) is 2.36. The highest BCUT2D eigenvalue weighted by Gasteiger charge is 2.21. The van der Waals surface area contributed by atoms with Crippen LogP contribution in [0.4, 0.5) is 5.95 Å². The third-order valence-electron chi connectivity index (χ3n) is 4.14. The molecule has 120 valence electrons. The van der Waals surface area contributed by atoms with Gasteiger partial charge < -0.3 is 10.2 Å². The SMILES string of the molecule is CC1CCN(C(=O)c2cnc(NCc3cccnc3)nc2)CC1. The molecule has 0 atom stereocenters. The number of rotatable bonds is 4. The van der Waals surface area contributed by atoms with Gasteiger partial charge >= 0.3 is 0 Å². The van der Waals surface area contributed by atoms with Crippen LogP contribution in [0.5, 0.6) is 0 Å². The number of nitrogens with zero attached hydrogens (tertiary/aromatic N) is 4. The van der Waals surface area contributed by atoms with Crippen molar-refractivity contribution >= 4 is 11.9 Å². The van der Waals surface area contributed by atoms with E-state index in [1.165, 1.54) is 0 Å². The van der Waals surface area contributed by atoms with E-state index in [-0.39, 0.29) is 5.91 Å². The molecule has 1 saturated heterocycles. The molecule has 3 rings (SSSR count). The second kappa shape index (κ2) is 7.17. The van der Waals surface area contributed by atoms with Crippen LogP contribution in [0.15, 0.2) is 36.9 Å². The van der Waals surface area contributed by atoms with Crippen molar-refractivity contribution in [2.75, 3.05) is 18.4 Å². The summed E-state index contributed by atoms with van der Waals surface area (Å²) in [5, 5.41) is 3.13. The lowest BCUT2D eigenvalue weighted by Crippen LogP contribution is -2.38. The van der Waals surface area contributed by atoms with Crippen molar-refractivity contribution in [3.63, 3.8) is 0 Å². The van der Waals surface area contributed by atoms with Crippen molar-refractivity contribution in [1.29, 1.82) is 0 Å². The Hall–Kier alpha value is -2.50. The highest BCUT2D eigenvalue weighted by Crippen LogP contribution is 2.18. The van der Waals surface area contributed by atoms with Crippen molar-refractivity contribution in [3.05, 3.63) is 48.0 Å². The first-order chi connectivity index (χ1) is 11.2. The number of carbonyl (C=O) groups excluding carboxylic acids is 1. The van der Waals surface area contributed by atoms with Crippen molar-refractivity contribution < 1.29 is 4.79 Å². The quantitative estimate of drug-likeness (QED) is 0.938. The molecule has 1 aliphatic heterocycles. The molecule has 0 radical (unpaired) electrons. The molecular weight excluding hydrogens is 290 g/mol. The van der Waals surface area contributed by atoms with Gasteiger partial charge in [0.05, 0.1) is 5.56 Å². The van der Waals surface area contributed by atoms with E-state index in [0.717, 1.165) is 31.5 Å². The summed E-state index contributed by atoms with van der Waals surface area (Å²) in [4.78, 5) is 26.8. The summed E-state index contributed by atoms with van der Waals surface area (Å²) >= 11 is 0.